The Kier molecular flexibility index (Phi) is 7.24. The van der Waals surface area contributed by atoms with Gasteiger partial charge in [0.2, 0.25) is 5.88 Å². The van der Waals surface area contributed by atoms with Crippen molar-refractivity contribution in [1.82, 2.24) is 15.6 Å². The van der Waals surface area contributed by atoms with Crippen molar-refractivity contribution in [2.24, 2.45) is 4.99 Å². The molecule has 1 atom stereocenters. The fourth-order valence-electron chi connectivity index (χ4n) is 3.85. The number of benzene rings is 2. The van der Waals surface area contributed by atoms with Crippen molar-refractivity contribution in [2.45, 2.75) is 19.0 Å². The zero-order valence-corrected chi connectivity index (χ0v) is 18.8. The van der Waals surface area contributed by atoms with Gasteiger partial charge >= 0.3 is 0 Å². The Labute approximate surface area is 193 Å². The van der Waals surface area contributed by atoms with Gasteiger partial charge in [-0.1, -0.05) is 24.3 Å². The number of rotatable bonds is 7. The summed E-state index contributed by atoms with van der Waals surface area (Å²) in [6.07, 6.45) is 2.63. The molecule has 33 heavy (non-hydrogen) atoms. The van der Waals surface area contributed by atoms with E-state index in [2.05, 4.69) is 31.6 Å². The van der Waals surface area contributed by atoms with Crippen LogP contribution in [0, 0.1) is 5.82 Å². The molecule has 1 fully saturated rings. The topological polar surface area (TPSA) is 71.0 Å². The molecule has 2 N–H and O–H groups in total. The summed E-state index contributed by atoms with van der Waals surface area (Å²) in [6, 6.07) is 18.1. The molecule has 2 aromatic carbocycles. The van der Waals surface area contributed by atoms with Gasteiger partial charge < -0.3 is 25.0 Å². The third kappa shape index (κ3) is 5.71. The van der Waals surface area contributed by atoms with Crippen LogP contribution in [-0.4, -0.2) is 44.2 Å². The zero-order chi connectivity index (χ0) is 23.0. The van der Waals surface area contributed by atoms with Crippen LogP contribution in [0.4, 0.5) is 10.1 Å². The number of methoxy groups -OCH3 is 1. The Morgan fingerprint density at radius 2 is 2.06 bits per heavy atom. The van der Waals surface area contributed by atoms with E-state index in [1.807, 2.05) is 30.3 Å². The molecule has 3 aromatic rings. The van der Waals surface area contributed by atoms with Crippen molar-refractivity contribution < 1.29 is 13.9 Å². The summed E-state index contributed by atoms with van der Waals surface area (Å²) in [4.78, 5) is 11.0. The second kappa shape index (κ2) is 10.7. The fraction of sp³-hybridized carbons (Fsp3) is 0.280. The number of halogens is 1. The van der Waals surface area contributed by atoms with Crippen molar-refractivity contribution in [3.8, 4) is 17.4 Å². The Morgan fingerprint density at radius 1 is 1.18 bits per heavy atom. The number of pyridine rings is 1. The van der Waals surface area contributed by atoms with E-state index < -0.39 is 0 Å². The molecule has 1 aromatic heterocycles. The molecule has 2 heterocycles. The number of para-hydroxylation sites is 2. The van der Waals surface area contributed by atoms with Gasteiger partial charge in [-0.3, -0.25) is 4.99 Å². The quantitative estimate of drug-likeness (QED) is 0.420. The number of guanidine groups is 1. The number of hydrogen-bond acceptors (Lipinski definition) is 5. The van der Waals surface area contributed by atoms with Crippen LogP contribution in [-0.2, 0) is 6.54 Å². The number of hydrogen-bond donors (Lipinski definition) is 2. The summed E-state index contributed by atoms with van der Waals surface area (Å²) in [5.74, 6) is 2.05. The molecule has 0 saturated carbocycles. The van der Waals surface area contributed by atoms with E-state index >= 15 is 0 Å². The Balaban J connectivity index is 1.35. The molecule has 0 bridgehead atoms. The minimum atomic E-state index is -0.355. The van der Waals surface area contributed by atoms with Crippen LogP contribution in [0.15, 0.2) is 71.9 Å². The largest absolute Gasteiger partial charge is 0.495 e. The van der Waals surface area contributed by atoms with Gasteiger partial charge in [-0.25, -0.2) is 9.37 Å². The maximum atomic E-state index is 13.5. The van der Waals surface area contributed by atoms with E-state index in [-0.39, 0.29) is 11.9 Å². The normalized spacial score (nSPS) is 15.9. The molecular weight excluding hydrogens is 421 g/mol. The van der Waals surface area contributed by atoms with Crippen LogP contribution in [0.5, 0.6) is 17.4 Å². The summed E-state index contributed by atoms with van der Waals surface area (Å²) in [5.41, 5.74) is 1.94. The Bertz CT molecular complexity index is 1110. The third-order valence-corrected chi connectivity index (χ3v) is 5.49. The average molecular weight is 450 g/mol. The molecule has 0 amide bonds. The van der Waals surface area contributed by atoms with Crippen molar-refractivity contribution in [1.29, 1.82) is 0 Å². The zero-order valence-electron chi connectivity index (χ0n) is 18.8. The molecule has 7 nitrogen and oxygen atoms in total. The van der Waals surface area contributed by atoms with Gasteiger partial charge in [-0.15, -0.1) is 0 Å². The molecular formula is C25H28FN5O2. The SMILES string of the molecule is CN=C(NCc1cccnc1Oc1cccc(F)c1)NC1CCN(c2ccccc2OC)C1. The second-order valence-corrected chi connectivity index (χ2v) is 7.70. The van der Waals surface area contributed by atoms with Crippen LogP contribution in [0.2, 0.25) is 0 Å². The monoisotopic (exact) mass is 449 g/mol. The lowest BCUT2D eigenvalue weighted by molar-refractivity contribution is 0.415. The summed E-state index contributed by atoms with van der Waals surface area (Å²) < 4.78 is 24.8. The van der Waals surface area contributed by atoms with Crippen molar-refractivity contribution >= 4 is 11.6 Å². The smallest absolute Gasteiger partial charge is 0.224 e. The van der Waals surface area contributed by atoms with Crippen molar-refractivity contribution in [3.05, 3.63) is 78.2 Å². The van der Waals surface area contributed by atoms with Crippen LogP contribution < -0.4 is 25.0 Å². The predicted molar refractivity (Wildman–Crippen MR) is 128 cm³/mol. The molecule has 172 valence electrons. The maximum absolute atomic E-state index is 13.5. The van der Waals surface area contributed by atoms with Gasteiger partial charge in [0, 0.05) is 50.6 Å². The number of aromatic nitrogens is 1. The maximum Gasteiger partial charge on any atom is 0.224 e. The molecule has 1 saturated heterocycles. The second-order valence-electron chi connectivity index (χ2n) is 7.70. The van der Waals surface area contributed by atoms with Gasteiger partial charge in [-0.05, 0) is 36.8 Å². The van der Waals surface area contributed by atoms with Crippen LogP contribution >= 0.6 is 0 Å². The fourth-order valence-corrected chi connectivity index (χ4v) is 3.85. The van der Waals surface area contributed by atoms with Crippen molar-refractivity contribution in [3.63, 3.8) is 0 Å². The number of nitrogens with one attached hydrogen (secondary N) is 2. The van der Waals surface area contributed by atoms with E-state index in [1.54, 1.807) is 32.5 Å². The van der Waals surface area contributed by atoms with Crippen LogP contribution in [0.3, 0.4) is 0 Å². The summed E-state index contributed by atoms with van der Waals surface area (Å²) >= 11 is 0. The molecule has 4 rings (SSSR count). The van der Waals surface area contributed by atoms with E-state index in [1.165, 1.54) is 12.1 Å². The van der Waals surface area contributed by atoms with Gasteiger partial charge in [0.25, 0.3) is 0 Å². The van der Waals surface area contributed by atoms with Gasteiger partial charge in [0.1, 0.15) is 17.3 Å². The van der Waals surface area contributed by atoms with Gasteiger partial charge in [0.15, 0.2) is 5.96 Å². The lowest BCUT2D eigenvalue weighted by Crippen LogP contribution is -2.44. The highest BCUT2D eigenvalue weighted by Gasteiger charge is 2.25. The van der Waals surface area contributed by atoms with Gasteiger partial charge in [-0.2, -0.15) is 0 Å². The first-order valence-electron chi connectivity index (χ1n) is 10.9. The summed E-state index contributed by atoms with van der Waals surface area (Å²) in [5, 5.41) is 6.82. The third-order valence-electron chi connectivity index (χ3n) is 5.49. The number of nitrogens with zero attached hydrogens (tertiary/aromatic N) is 3. The molecule has 1 aliphatic rings. The van der Waals surface area contributed by atoms with Crippen molar-refractivity contribution in [2.75, 3.05) is 32.1 Å². The molecule has 0 aliphatic carbocycles. The summed E-state index contributed by atoms with van der Waals surface area (Å²) in [7, 11) is 3.44. The number of aliphatic imine (C=N–C) groups is 1. The van der Waals surface area contributed by atoms with E-state index in [0.29, 0.717) is 24.1 Å². The standard InChI is InChI=1S/C25H28FN5O2/c1-27-25(30-20-12-14-31(17-20)22-10-3-4-11-23(22)32-2)29-16-18-7-6-13-28-24(18)33-21-9-5-8-19(26)15-21/h3-11,13,15,20H,12,14,16-17H2,1-2H3,(H2,27,29,30). The number of ether oxygens (including phenoxy) is 2. The predicted octanol–water partition coefficient (Wildman–Crippen LogP) is 3.97. The molecule has 0 radical (unpaired) electrons. The van der Waals surface area contributed by atoms with E-state index in [9.17, 15) is 4.39 Å². The average Bonchev–Trinajstić information content (AvgIpc) is 3.31. The molecule has 0 spiro atoms. The van der Waals surface area contributed by atoms with E-state index in [0.717, 1.165) is 36.5 Å². The first kappa shape index (κ1) is 22.4. The minimum absolute atomic E-state index is 0.248. The van der Waals surface area contributed by atoms with Gasteiger partial charge in [0.05, 0.1) is 12.8 Å². The summed E-state index contributed by atoms with van der Waals surface area (Å²) in [6.45, 7) is 2.24. The highest BCUT2D eigenvalue weighted by Crippen LogP contribution is 2.30. The lowest BCUT2D eigenvalue weighted by Gasteiger charge is -2.22. The highest BCUT2D eigenvalue weighted by atomic mass is 19.1. The number of anilines is 1. The molecule has 1 aliphatic heterocycles. The minimum Gasteiger partial charge on any atom is -0.495 e. The molecule has 8 heteroatoms. The van der Waals surface area contributed by atoms with E-state index in [4.69, 9.17) is 9.47 Å². The lowest BCUT2D eigenvalue weighted by atomic mass is 10.2. The highest BCUT2D eigenvalue weighted by molar-refractivity contribution is 5.80. The van der Waals surface area contributed by atoms with Crippen LogP contribution in [0.1, 0.15) is 12.0 Å². The molecule has 1 unspecified atom stereocenters. The van der Waals surface area contributed by atoms with Crippen LogP contribution in [0.25, 0.3) is 0 Å². The first-order valence-corrected chi connectivity index (χ1v) is 10.9. The Hall–Kier alpha value is -3.81. The first-order chi connectivity index (χ1) is 16.2. The Morgan fingerprint density at radius 3 is 2.88 bits per heavy atom.